The Bertz CT molecular complexity index is 830. The van der Waals surface area contributed by atoms with E-state index in [0.717, 1.165) is 50.5 Å². The Hall–Kier alpha value is -1.21. The van der Waals surface area contributed by atoms with E-state index in [1.807, 2.05) is 25.1 Å². The molecule has 0 spiro atoms. The van der Waals surface area contributed by atoms with Crippen LogP contribution in [0, 0.1) is 0 Å². The van der Waals surface area contributed by atoms with Crippen LogP contribution in [0.2, 0.25) is 15.1 Å². The third-order valence-corrected chi connectivity index (χ3v) is 5.79. The molecule has 1 fully saturated rings. The largest absolute Gasteiger partial charge is 0.490 e. The quantitative estimate of drug-likeness (QED) is 0.489. The highest BCUT2D eigenvalue weighted by atomic mass is 35.5. The van der Waals surface area contributed by atoms with Crippen LogP contribution in [0.25, 0.3) is 0 Å². The van der Waals surface area contributed by atoms with Gasteiger partial charge in [0.2, 0.25) is 0 Å². The van der Waals surface area contributed by atoms with Gasteiger partial charge in [0.15, 0.2) is 11.5 Å². The van der Waals surface area contributed by atoms with Crippen LogP contribution >= 0.6 is 34.8 Å². The fraction of sp³-hybridized carbons (Fsp3) is 0.455. The maximum atomic E-state index is 6.53. The van der Waals surface area contributed by atoms with Crippen LogP contribution in [0.3, 0.4) is 0 Å². The third kappa shape index (κ3) is 6.91. The number of hydrogen-bond acceptors (Lipinski definition) is 5. The van der Waals surface area contributed by atoms with E-state index in [0.29, 0.717) is 46.3 Å². The first-order valence-corrected chi connectivity index (χ1v) is 11.2. The van der Waals surface area contributed by atoms with Crippen LogP contribution in [-0.4, -0.2) is 50.9 Å². The highest BCUT2D eigenvalue weighted by Gasteiger charge is 2.14. The molecule has 1 aliphatic rings. The van der Waals surface area contributed by atoms with E-state index in [-0.39, 0.29) is 0 Å². The molecule has 30 heavy (non-hydrogen) atoms. The molecule has 0 amide bonds. The van der Waals surface area contributed by atoms with E-state index in [1.54, 1.807) is 12.1 Å². The summed E-state index contributed by atoms with van der Waals surface area (Å²) in [5.41, 5.74) is 1.95. The maximum Gasteiger partial charge on any atom is 0.180 e. The monoisotopic (exact) mass is 472 g/mol. The maximum absolute atomic E-state index is 6.53. The predicted molar refractivity (Wildman–Crippen MR) is 122 cm³/mol. The molecule has 2 aromatic rings. The van der Waals surface area contributed by atoms with E-state index in [9.17, 15) is 0 Å². The molecular weight excluding hydrogens is 447 g/mol. The molecule has 0 saturated carbocycles. The summed E-state index contributed by atoms with van der Waals surface area (Å²) in [7, 11) is 0. The van der Waals surface area contributed by atoms with Crippen LogP contribution in [-0.2, 0) is 17.9 Å². The summed E-state index contributed by atoms with van der Waals surface area (Å²) in [4.78, 5) is 2.40. The van der Waals surface area contributed by atoms with E-state index in [4.69, 9.17) is 49.0 Å². The topological polar surface area (TPSA) is 43.0 Å². The fourth-order valence-electron chi connectivity index (χ4n) is 3.21. The number of ether oxygens (including phenoxy) is 3. The Labute approximate surface area is 193 Å². The van der Waals surface area contributed by atoms with Crippen LogP contribution in [0.1, 0.15) is 18.1 Å². The standard InChI is InChI=1S/C22H27Cl3N2O3/c1-2-29-21-13-17(14-26-5-6-27-7-9-28-10-8-27)12-20(25)22(21)30-15-16-3-4-18(23)19(24)11-16/h3-4,11-13,26H,2,5-10,14-15H2,1H3. The fourth-order valence-corrected chi connectivity index (χ4v) is 3.81. The van der Waals surface area contributed by atoms with Crippen molar-refractivity contribution in [2.45, 2.75) is 20.1 Å². The number of morpholine rings is 1. The van der Waals surface area contributed by atoms with Crippen LogP contribution in [0.15, 0.2) is 30.3 Å². The molecule has 2 aromatic carbocycles. The lowest BCUT2D eigenvalue weighted by Crippen LogP contribution is -2.40. The van der Waals surface area contributed by atoms with Crippen LogP contribution in [0.5, 0.6) is 11.5 Å². The number of rotatable bonds is 10. The molecule has 164 valence electrons. The van der Waals surface area contributed by atoms with Crippen molar-refractivity contribution in [2.75, 3.05) is 46.0 Å². The molecule has 0 aliphatic carbocycles. The van der Waals surface area contributed by atoms with Crippen LogP contribution < -0.4 is 14.8 Å². The molecule has 1 aliphatic heterocycles. The Balaban J connectivity index is 1.59. The van der Waals surface area contributed by atoms with Gasteiger partial charge in [0, 0.05) is 32.7 Å². The summed E-state index contributed by atoms with van der Waals surface area (Å²) in [6.45, 7) is 8.99. The summed E-state index contributed by atoms with van der Waals surface area (Å²) in [5, 5.41) is 4.99. The molecule has 1 heterocycles. The SMILES string of the molecule is CCOc1cc(CNCCN2CCOCC2)cc(Cl)c1OCc1ccc(Cl)c(Cl)c1. The van der Waals surface area contributed by atoms with Crippen molar-refractivity contribution in [3.63, 3.8) is 0 Å². The van der Waals surface area contributed by atoms with Crippen molar-refractivity contribution in [3.8, 4) is 11.5 Å². The second kappa shape index (κ2) is 12.0. The van der Waals surface area contributed by atoms with E-state index < -0.39 is 0 Å². The highest BCUT2D eigenvalue weighted by molar-refractivity contribution is 6.42. The van der Waals surface area contributed by atoms with Gasteiger partial charge in [-0.2, -0.15) is 0 Å². The first kappa shape index (κ1) is 23.5. The van der Waals surface area contributed by atoms with Gasteiger partial charge >= 0.3 is 0 Å². The molecule has 0 atom stereocenters. The Morgan fingerprint density at radius 2 is 1.73 bits per heavy atom. The van der Waals surface area contributed by atoms with Gasteiger partial charge in [-0.15, -0.1) is 0 Å². The van der Waals surface area contributed by atoms with Crippen molar-refractivity contribution < 1.29 is 14.2 Å². The van der Waals surface area contributed by atoms with Gasteiger partial charge in [0.1, 0.15) is 6.61 Å². The molecule has 0 aromatic heterocycles. The number of hydrogen-bond donors (Lipinski definition) is 1. The number of halogens is 3. The van der Waals surface area contributed by atoms with Crippen molar-refractivity contribution in [2.24, 2.45) is 0 Å². The summed E-state index contributed by atoms with van der Waals surface area (Å²) >= 11 is 18.6. The lowest BCUT2D eigenvalue weighted by atomic mass is 10.2. The number of nitrogens with one attached hydrogen (secondary N) is 1. The normalized spacial score (nSPS) is 14.7. The van der Waals surface area contributed by atoms with Crippen molar-refractivity contribution in [3.05, 3.63) is 56.5 Å². The lowest BCUT2D eigenvalue weighted by molar-refractivity contribution is 0.0384. The molecule has 1 N–H and O–H groups in total. The Morgan fingerprint density at radius 1 is 0.967 bits per heavy atom. The minimum absolute atomic E-state index is 0.313. The van der Waals surface area contributed by atoms with Crippen molar-refractivity contribution in [1.29, 1.82) is 0 Å². The van der Waals surface area contributed by atoms with Crippen molar-refractivity contribution >= 4 is 34.8 Å². The molecule has 8 heteroatoms. The number of nitrogens with zero attached hydrogens (tertiary/aromatic N) is 1. The van der Waals surface area contributed by atoms with E-state index >= 15 is 0 Å². The molecule has 1 saturated heterocycles. The minimum Gasteiger partial charge on any atom is -0.490 e. The van der Waals surface area contributed by atoms with Crippen molar-refractivity contribution in [1.82, 2.24) is 10.2 Å². The lowest BCUT2D eigenvalue weighted by Gasteiger charge is -2.26. The first-order chi connectivity index (χ1) is 14.6. The zero-order chi connectivity index (χ0) is 21.3. The van der Waals surface area contributed by atoms with Gasteiger partial charge < -0.3 is 19.5 Å². The van der Waals surface area contributed by atoms with Gasteiger partial charge in [-0.25, -0.2) is 0 Å². The molecular formula is C22H27Cl3N2O3. The summed E-state index contributed by atoms with van der Waals surface area (Å²) in [6, 6.07) is 9.29. The average molecular weight is 474 g/mol. The number of benzene rings is 2. The highest BCUT2D eigenvalue weighted by Crippen LogP contribution is 2.37. The van der Waals surface area contributed by atoms with Crippen LogP contribution in [0.4, 0.5) is 0 Å². The van der Waals surface area contributed by atoms with Gasteiger partial charge in [-0.3, -0.25) is 4.90 Å². The molecule has 3 rings (SSSR count). The van der Waals surface area contributed by atoms with Gasteiger partial charge in [-0.05, 0) is 42.3 Å². The molecule has 0 radical (unpaired) electrons. The predicted octanol–water partition coefficient (Wildman–Crippen LogP) is 5.05. The smallest absolute Gasteiger partial charge is 0.180 e. The van der Waals surface area contributed by atoms with E-state index in [1.165, 1.54) is 0 Å². The zero-order valence-corrected chi connectivity index (χ0v) is 19.3. The second-order valence-electron chi connectivity index (χ2n) is 7.01. The average Bonchev–Trinajstić information content (AvgIpc) is 2.74. The second-order valence-corrected chi connectivity index (χ2v) is 8.23. The first-order valence-electron chi connectivity index (χ1n) is 10.1. The van der Waals surface area contributed by atoms with Gasteiger partial charge in [0.25, 0.3) is 0 Å². The van der Waals surface area contributed by atoms with Gasteiger partial charge in [-0.1, -0.05) is 40.9 Å². The Kier molecular flexibility index (Phi) is 9.37. The summed E-state index contributed by atoms with van der Waals surface area (Å²) in [6.07, 6.45) is 0. The Morgan fingerprint density at radius 3 is 2.47 bits per heavy atom. The molecule has 5 nitrogen and oxygen atoms in total. The summed E-state index contributed by atoms with van der Waals surface area (Å²) < 4.78 is 17.1. The zero-order valence-electron chi connectivity index (χ0n) is 17.1. The third-order valence-electron chi connectivity index (χ3n) is 4.77. The van der Waals surface area contributed by atoms with Gasteiger partial charge in [0.05, 0.1) is 34.9 Å². The molecule has 0 unspecified atom stereocenters. The van der Waals surface area contributed by atoms with E-state index in [2.05, 4.69) is 10.2 Å². The molecule has 0 bridgehead atoms. The minimum atomic E-state index is 0.313. The summed E-state index contributed by atoms with van der Waals surface area (Å²) in [5.74, 6) is 1.16.